The molecular formula is C24H26ClFN4O4S. The number of fused-ring (bicyclic) bond motifs is 1. The first-order valence-corrected chi connectivity index (χ1v) is 13.1. The number of carbonyl (C=O) groups is 1. The molecule has 1 unspecified atom stereocenters. The summed E-state index contributed by atoms with van der Waals surface area (Å²) in [5.74, 6) is -2.06. The van der Waals surface area contributed by atoms with Gasteiger partial charge in [-0.05, 0) is 62.7 Å². The lowest BCUT2D eigenvalue weighted by atomic mass is 10.1. The Kier molecular flexibility index (Phi) is 7.56. The molecule has 1 fully saturated rings. The molecule has 11 heteroatoms. The third kappa shape index (κ3) is 5.72. The highest BCUT2D eigenvalue weighted by Crippen LogP contribution is 2.32. The van der Waals surface area contributed by atoms with Gasteiger partial charge in [0, 0.05) is 35.7 Å². The van der Waals surface area contributed by atoms with E-state index in [0.29, 0.717) is 11.4 Å². The average molecular weight is 521 g/mol. The Morgan fingerprint density at radius 1 is 1.29 bits per heavy atom. The topological polar surface area (TPSA) is 112 Å². The van der Waals surface area contributed by atoms with E-state index in [1.54, 1.807) is 24.3 Å². The quantitative estimate of drug-likeness (QED) is 0.419. The number of rotatable bonds is 8. The summed E-state index contributed by atoms with van der Waals surface area (Å²) in [5, 5.41) is 13.8. The van der Waals surface area contributed by atoms with Crippen LogP contribution in [0.3, 0.4) is 0 Å². The minimum atomic E-state index is -4.11. The minimum Gasteiger partial charge on any atom is -0.506 e. The van der Waals surface area contributed by atoms with Crippen molar-refractivity contribution in [2.75, 3.05) is 20.1 Å². The summed E-state index contributed by atoms with van der Waals surface area (Å²) in [4.78, 5) is 18.5. The van der Waals surface area contributed by atoms with Crippen LogP contribution < -0.4 is 10.0 Å². The molecule has 1 aromatic heterocycles. The monoisotopic (exact) mass is 520 g/mol. The average Bonchev–Trinajstić information content (AvgIpc) is 3.23. The maximum absolute atomic E-state index is 14.4. The number of carbonyl (C=O) groups excluding carboxylic acids is 1. The van der Waals surface area contributed by atoms with Crippen molar-refractivity contribution in [3.8, 4) is 5.75 Å². The van der Waals surface area contributed by atoms with Crippen molar-refractivity contribution in [2.24, 2.45) is 0 Å². The SMILES string of the molecule is CN1CCCC1CCNS(=O)(=O)c1cc(F)cc2c(O)c(C(=O)NCc3ccc(Cl)cc3)cnc12. The van der Waals surface area contributed by atoms with E-state index in [9.17, 15) is 22.7 Å². The zero-order valence-corrected chi connectivity index (χ0v) is 20.7. The van der Waals surface area contributed by atoms with Gasteiger partial charge in [-0.1, -0.05) is 23.7 Å². The molecule has 2 aromatic carbocycles. The van der Waals surface area contributed by atoms with Crippen molar-refractivity contribution in [1.29, 1.82) is 0 Å². The molecule has 0 radical (unpaired) electrons. The number of nitrogens with one attached hydrogen (secondary N) is 2. The fraction of sp³-hybridized carbons (Fsp3) is 0.333. The lowest BCUT2D eigenvalue weighted by Gasteiger charge is -2.19. The zero-order valence-electron chi connectivity index (χ0n) is 19.1. The maximum Gasteiger partial charge on any atom is 0.256 e. The number of benzene rings is 2. The van der Waals surface area contributed by atoms with Crippen molar-refractivity contribution >= 4 is 38.4 Å². The lowest BCUT2D eigenvalue weighted by molar-refractivity contribution is 0.0948. The molecule has 0 bridgehead atoms. The summed E-state index contributed by atoms with van der Waals surface area (Å²) in [6.45, 7) is 1.33. The highest BCUT2D eigenvalue weighted by Gasteiger charge is 2.25. The Labute approximate surface area is 208 Å². The van der Waals surface area contributed by atoms with Crippen LogP contribution in [0.4, 0.5) is 4.39 Å². The number of likely N-dealkylation sites (tertiary alicyclic amines) is 1. The fourth-order valence-electron chi connectivity index (χ4n) is 4.26. The van der Waals surface area contributed by atoms with Gasteiger partial charge in [0.25, 0.3) is 5.91 Å². The second kappa shape index (κ2) is 10.4. The van der Waals surface area contributed by atoms with E-state index in [1.165, 1.54) is 0 Å². The molecule has 186 valence electrons. The Morgan fingerprint density at radius 2 is 2.03 bits per heavy atom. The molecule has 0 aliphatic carbocycles. The number of nitrogens with zero attached hydrogens (tertiary/aromatic N) is 2. The van der Waals surface area contributed by atoms with E-state index in [2.05, 4.69) is 19.9 Å². The van der Waals surface area contributed by atoms with Gasteiger partial charge < -0.3 is 15.3 Å². The fourth-order valence-corrected chi connectivity index (χ4v) is 5.61. The molecule has 8 nitrogen and oxygen atoms in total. The van der Waals surface area contributed by atoms with Crippen LogP contribution in [0.15, 0.2) is 47.5 Å². The molecule has 1 saturated heterocycles. The Hall–Kier alpha value is -2.79. The highest BCUT2D eigenvalue weighted by atomic mass is 35.5. The number of halogens is 2. The molecular weight excluding hydrogens is 495 g/mol. The van der Waals surface area contributed by atoms with Gasteiger partial charge in [0.1, 0.15) is 22.0 Å². The van der Waals surface area contributed by atoms with Gasteiger partial charge in [-0.2, -0.15) is 0 Å². The molecule has 1 amide bonds. The molecule has 0 saturated carbocycles. The predicted molar refractivity (Wildman–Crippen MR) is 131 cm³/mol. The van der Waals surface area contributed by atoms with Crippen LogP contribution in [0, 0.1) is 5.82 Å². The molecule has 1 atom stereocenters. The van der Waals surface area contributed by atoms with Crippen molar-refractivity contribution in [3.63, 3.8) is 0 Å². The number of aromatic hydroxyl groups is 1. The van der Waals surface area contributed by atoms with E-state index in [1.807, 2.05) is 7.05 Å². The van der Waals surface area contributed by atoms with Gasteiger partial charge in [0.05, 0.1) is 5.52 Å². The number of amides is 1. The predicted octanol–water partition coefficient (Wildman–Crippen LogP) is 3.43. The first-order chi connectivity index (χ1) is 16.7. The van der Waals surface area contributed by atoms with Crippen LogP contribution in [0.1, 0.15) is 35.2 Å². The molecule has 1 aliphatic heterocycles. The normalized spacial score (nSPS) is 16.6. The maximum atomic E-state index is 14.4. The van der Waals surface area contributed by atoms with Crippen LogP contribution in [0.5, 0.6) is 5.75 Å². The minimum absolute atomic E-state index is 0.122. The Morgan fingerprint density at radius 3 is 2.71 bits per heavy atom. The lowest BCUT2D eigenvalue weighted by Crippen LogP contribution is -2.32. The molecule has 0 spiro atoms. The molecule has 3 N–H and O–H groups in total. The second-order valence-corrected chi connectivity index (χ2v) is 10.8. The third-order valence-corrected chi connectivity index (χ3v) is 7.94. The van der Waals surface area contributed by atoms with E-state index in [0.717, 1.165) is 43.3 Å². The first kappa shape index (κ1) is 25.3. The molecule has 2 heterocycles. The van der Waals surface area contributed by atoms with Gasteiger partial charge in [-0.25, -0.2) is 17.5 Å². The van der Waals surface area contributed by atoms with Crippen LogP contribution in [-0.2, 0) is 16.6 Å². The third-order valence-electron chi connectivity index (χ3n) is 6.21. The molecule has 3 aromatic rings. The van der Waals surface area contributed by atoms with Crippen molar-refractivity contribution in [1.82, 2.24) is 19.9 Å². The van der Waals surface area contributed by atoms with E-state index in [-0.39, 0.29) is 35.6 Å². The zero-order chi connectivity index (χ0) is 25.2. The van der Waals surface area contributed by atoms with Gasteiger partial charge in [-0.15, -0.1) is 0 Å². The summed E-state index contributed by atoms with van der Waals surface area (Å²) < 4.78 is 42.9. The van der Waals surface area contributed by atoms with Crippen molar-refractivity contribution in [3.05, 3.63) is 64.6 Å². The van der Waals surface area contributed by atoms with Crippen molar-refractivity contribution < 1.29 is 22.7 Å². The molecule has 4 rings (SSSR count). The number of sulfonamides is 1. The summed E-state index contributed by atoms with van der Waals surface area (Å²) in [7, 11) is -2.11. The number of aromatic nitrogens is 1. The number of hydrogen-bond acceptors (Lipinski definition) is 6. The number of hydrogen-bond donors (Lipinski definition) is 3. The van der Waals surface area contributed by atoms with Gasteiger partial charge in [-0.3, -0.25) is 9.78 Å². The smallest absolute Gasteiger partial charge is 0.256 e. The largest absolute Gasteiger partial charge is 0.506 e. The first-order valence-electron chi connectivity index (χ1n) is 11.2. The van der Waals surface area contributed by atoms with Crippen molar-refractivity contribution in [2.45, 2.75) is 36.7 Å². The van der Waals surface area contributed by atoms with Gasteiger partial charge >= 0.3 is 0 Å². The van der Waals surface area contributed by atoms with E-state index >= 15 is 0 Å². The highest BCUT2D eigenvalue weighted by molar-refractivity contribution is 7.89. The van der Waals surface area contributed by atoms with Crippen LogP contribution in [-0.4, -0.2) is 55.5 Å². The van der Waals surface area contributed by atoms with Gasteiger partial charge in [0.15, 0.2) is 0 Å². The number of pyridine rings is 1. The summed E-state index contributed by atoms with van der Waals surface area (Å²) in [6.07, 6.45) is 3.78. The standard InChI is InChI=1S/C24H26ClFN4O4S/c1-30-10-2-3-18(30)8-9-29-35(33,34)21-12-17(26)11-19-22(21)27-14-20(23(19)31)24(32)28-13-15-4-6-16(25)7-5-15/h4-7,11-12,14,18,29H,2-3,8-10,13H2,1H3,(H,27,31)(H,28,32). The van der Waals surface area contributed by atoms with E-state index in [4.69, 9.17) is 11.6 Å². The Balaban J connectivity index is 1.55. The molecule has 1 aliphatic rings. The summed E-state index contributed by atoms with van der Waals surface area (Å²) >= 11 is 5.86. The van der Waals surface area contributed by atoms with Crippen LogP contribution in [0.2, 0.25) is 5.02 Å². The Bertz CT molecular complexity index is 1350. The van der Waals surface area contributed by atoms with Gasteiger partial charge in [0.2, 0.25) is 10.0 Å². The van der Waals surface area contributed by atoms with Crippen LogP contribution in [0.25, 0.3) is 10.9 Å². The summed E-state index contributed by atoms with van der Waals surface area (Å²) in [6, 6.07) is 8.96. The van der Waals surface area contributed by atoms with Crippen LogP contribution >= 0.6 is 11.6 Å². The second-order valence-electron chi connectivity index (χ2n) is 8.59. The van der Waals surface area contributed by atoms with E-state index < -0.39 is 32.4 Å². The summed E-state index contributed by atoms with van der Waals surface area (Å²) in [5.41, 5.74) is 0.464. The molecule has 35 heavy (non-hydrogen) atoms.